The number of ether oxygens (including phenoxy) is 3. The van der Waals surface area contributed by atoms with Crippen LogP contribution >= 0.6 is 0 Å². The van der Waals surface area contributed by atoms with Crippen LogP contribution in [0.2, 0.25) is 0 Å². The van der Waals surface area contributed by atoms with Crippen LogP contribution in [0, 0.1) is 27.3 Å². The van der Waals surface area contributed by atoms with Gasteiger partial charge in [0.25, 0.3) is 21.6 Å². The SMILES string of the molecule is COc1cc(CN2CCN(C3CC4(C3)CN(c3ccc(C(=O)NS(=O)(=O)c5ccc(NCC6CCC(C)(O)CC6)c([N+](=O)[O-])c5)c(Oc5cnc6[nH]cc(F)c6c5)c3)C4)[C@H](c3ccccc3C(C)C)C2)ccc1C1CCOCC1. The molecule has 5 aliphatic rings. The molecule has 1 atom stereocenters. The van der Waals surface area contributed by atoms with Gasteiger partial charge in [0.1, 0.15) is 34.4 Å². The summed E-state index contributed by atoms with van der Waals surface area (Å²) in [5.74, 6) is 0.526. The molecule has 3 aliphatic heterocycles. The molecule has 4 N–H and O–H groups in total. The van der Waals surface area contributed by atoms with Crippen LogP contribution in [0.4, 0.5) is 21.5 Å². The monoisotopic (exact) mass is 1100 g/mol. The van der Waals surface area contributed by atoms with E-state index in [1.165, 1.54) is 58.9 Å². The van der Waals surface area contributed by atoms with Crippen LogP contribution in [0.3, 0.4) is 0 Å². The molecule has 0 bridgehead atoms. The van der Waals surface area contributed by atoms with Gasteiger partial charge in [0.2, 0.25) is 0 Å². The van der Waals surface area contributed by atoms with E-state index in [1.807, 2.05) is 0 Å². The number of halogens is 1. The quantitative estimate of drug-likeness (QED) is 0.0496. The number of methoxy groups -OCH3 is 1. The second-order valence-corrected chi connectivity index (χ2v) is 25.0. The zero-order chi connectivity index (χ0) is 55.2. The maximum atomic E-state index is 14.8. The lowest BCUT2D eigenvalue weighted by molar-refractivity contribution is -0.384. The number of nitrogens with zero attached hydrogens (tertiary/aromatic N) is 5. The number of amides is 1. The van der Waals surface area contributed by atoms with Gasteiger partial charge in [0.05, 0.1) is 39.7 Å². The molecule has 5 fully saturated rings. The van der Waals surface area contributed by atoms with Crippen molar-refractivity contribution in [2.24, 2.45) is 11.3 Å². The lowest BCUT2D eigenvalue weighted by Crippen LogP contribution is -2.68. The number of piperazine rings is 1. The molecule has 6 aromatic rings. The fourth-order valence-corrected chi connectivity index (χ4v) is 14.0. The molecular weight excluding hydrogens is 1030 g/mol. The third-order valence-corrected chi connectivity index (χ3v) is 18.8. The van der Waals surface area contributed by atoms with E-state index in [4.69, 9.17) is 14.2 Å². The summed E-state index contributed by atoms with van der Waals surface area (Å²) in [6.07, 6.45) is 9.37. The number of nitrogens with one attached hydrogen (secondary N) is 3. The average Bonchev–Trinajstić information content (AvgIpc) is 3.88. The smallest absolute Gasteiger partial charge is 0.293 e. The predicted molar refractivity (Wildman–Crippen MR) is 300 cm³/mol. The summed E-state index contributed by atoms with van der Waals surface area (Å²) in [4.78, 5) is 39.9. The number of H-pyrrole nitrogens is 1. The Hall–Kier alpha value is -6.64. The lowest BCUT2D eigenvalue weighted by Gasteiger charge is -2.63. The lowest BCUT2D eigenvalue weighted by atomic mass is 9.59. The number of hydrogen-bond donors (Lipinski definition) is 4. The summed E-state index contributed by atoms with van der Waals surface area (Å²) >= 11 is 0. The highest BCUT2D eigenvalue weighted by molar-refractivity contribution is 7.90. The highest BCUT2D eigenvalue weighted by Gasteiger charge is 2.55. The maximum Gasteiger partial charge on any atom is 0.293 e. The number of aliphatic hydroxyl groups is 1. The van der Waals surface area contributed by atoms with E-state index in [9.17, 15) is 32.8 Å². The Labute approximate surface area is 461 Å². The van der Waals surface area contributed by atoms with Crippen molar-refractivity contribution >= 4 is 44.0 Å². The fraction of sp³-hybridized carbons (Fsp3) is 0.467. The first-order valence-electron chi connectivity index (χ1n) is 27.8. The summed E-state index contributed by atoms with van der Waals surface area (Å²) in [6.45, 7) is 13.5. The van der Waals surface area contributed by atoms with Crippen LogP contribution in [0.5, 0.6) is 17.2 Å². The van der Waals surface area contributed by atoms with Gasteiger partial charge in [-0.1, -0.05) is 50.2 Å². The predicted octanol–water partition coefficient (Wildman–Crippen LogP) is 10.4. The number of sulfonamides is 1. The number of nitro benzene ring substituents is 1. The molecule has 1 spiro atoms. The second-order valence-electron chi connectivity index (χ2n) is 23.3. The Balaban J connectivity index is 0.787. The van der Waals surface area contributed by atoms with E-state index in [1.54, 1.807) is 26.2 Å². The van der Waals surface area contributed by atoms with Gasteiger partial charge in [-0.05, 0) is 135 Å². The molecule has 0 unspecified atom stereocenters. The van der Waals surface area contributed by atoms with Crippen molar-refractivity contribution < 1.29 is 41.8 Å². The minimum absolute atomic E-state index is 0.0164. The van der Waals surface area contributed by atoms with E-state index < -0.39 is 42.9 Å². The number of nitro groups is 1. The number of rotatable bonds is 17. The first kappa shape index (κ1) is 54.3. The second kappa shape index (κ2) is 22.1. The van der Waals surface area contributed by atoms with Gasteiger partial charge in [-0.25, -0.2) is 22.5 Å². The topological polar surface area (TPSA) is 205 Å². The number of anilines is 2. The molecule has 3 saturated heterocycles. The summed E-state index contributed by atoms with van der Waals surface area (Å²) in [6, 6.07) is 26.2. The molecule has 2 aliphatic carbocycles. The Morgan fingerprint density at radius 2 is 1.75 bits per heavy atom. The molecule has 4 aromatic carbocycles. The Morgan fingerprint density at radius 1 is 0.975 bits per heavy atom. The molecule has 5 heterocycles. The minimum Gasteiger partial charge on any atom is -0.496 e. The van der Waals surface area contributed by atoms with Gasteiger partial charge in [-0.15, -0.1) is 0 Å². The van der Waals surface area contributed by atoms with Gasteiger partial charge in [-0.3, -0.25) is 24.7 Å². The van der Waals surface area contributed by atoms with Gasteiger partial charge in [-0.2, -0.15) is 0 Å². The van der Waals surface area contributed by atoms with Gasteiger partial charge < -0.3 is 34.5 Å². The molecule has 19 heteroatoms. The largest absolute Gasteiger partial charge is 0.496 e. The molecule has 2 saturated carbocycles. The number of carbonyl (C=O) groups excluding carboxylic acids is 1. The molecule has 11 rings (SSSR count). The normalized spacial score (nSPS) is 22.1. The van der Waals surface area contributed by atoms with E-state index in [0.29, 0.717) is 42.9 Å². The van der Waals surface area contributed by atoms with Crippen LogP contribution in [-0.4, -0.2) is 115 Å². The van der Waals surface area contributed by atoms with Crippen molar-refractivity contribution in [3.8, 4) is 17.2 Å². The number of aromatic amines is 1. The van der Waals surface area contributed by atoms with Crippen molar-refractivity contribution in [1.29, 1.82) is 0 Å². The summed E-state index contributed by atoms with van der Waals surface area (Å²) in [5.41, 5.74) is 5.26. The van der Waals surface area contributed by atoms with Crippen LogP contribution in [0.1, 0.15) is 123 Å². The van der Waals surface area contributed by atoms with E-state index in [-0.39, 0.29) is 45.5 Å². The first-order valence-corrected chi connectivity index (χ1v) is 29.2. The number of benzene rings is 4. The molecular formula is C60H71FN8O9S. The molecule has 0 radical (unpaired) electrons. The van der Waals surface area contributed by atoms with Crippen LogP contribution in [0.15, 0.2) is 102 Å². The number of pyridine rings is 1. The number of fused-ring (bicyclic) bond motifs is 1. The minimum atomic E-state index is -4.65. The molecule has 17 nitrogen and oxygen atoms in total. The number of hydrogen-bond acceptors (Lipinski definition) is 14. The molecule has 1 amide bonds. The van der Waals surface area contributed by atoms with E-state index in [2.05, 4.69) is 91.0 Å². The Morgan fingerprint density at radius 3 is 2.49 bits per heavy atom. The third-order valence-electron chi connectivity index (χ3n) is 17.4. The third kappa shape index (κ3) is 11.6. The van der Waals surface area contributed by atoms with Crippen LogP contribution in [-0.2, 0) is 21.3 Å². The van der Waals surface area contributed by atoms with Gasteiger partial charge in [0.15, 0.2) is 0 Å². The number of carbonyl (C=O) groups is 1. The van der Waals surface area contributed by atoms with Crippen LogP contribution < -0.4 is 24.4 Å². The highest BCUT2D eigenvalue weighted by atomic mass is 32.2. The Bertz CT molecular complexity index is 3340. The van der Waals surface area contributed by atoms with Crippen molar-refractivity contribution in [3.05, 3.63) is 141 Å². The average molecular weight is 1100 g/mol. The Kier molecular flexibility index (Phi) is 15.2. The fourth-order valence-electron chi connectivity index (χ4n) is 13.0. The summed E-state index contributed by atoms with van der Waals surface area (Å²) in [5, 5.41) is 25.9. The van der Waals surface area contributed by atoms with Crippen LogP contribution in [0.25, 0.3) is 11.0 Å². The van der Waals surface area contributed by atoms with Crippen molar-refractivity contribution in [3.63, 3.8) is 0 Å². The van der Waals surface area contributed by atoms with Gasteiger partial charge in [0, 0.05) is 101 Å². The van der Waals surface area contributed by atoms with Crippen molar-refractivity contribution in [2.75, 3.05) is 69.8 Å². The molecule has 2 aromatic heterocycles. The molecule has 418 valence electrons. The highest BCUT2D eigenvalue weighted by Crippen LogP contribution is 2.54. The maximum absolute atomic E-state index is 14.8. The van der Waals surface area contributed by atoms with E-state index in [0.717, 1.165) is 109 Å². The zero-order valence-corrected chi connectivity index (χ0v) is 46.2. The molecule has 79 heavy (non-hydrogen) atoms. The number of aromatic nitrogens is 2. The van der Waals surface area contributed by atoms with Crippen molar-refractivity contribution in [2.45, 2.75) is 113 Å². The standard InChI is InChI=1S/C60H71FN8O9S/c1-38(2)46-7-5-6-8-48(46)54-35-66(34-40-9-12-47(55(25-40)76-4)41-17-23-77-24-18-41)21-22-68(54)43-29-60(30-43)36-67(37-60)42-10-13-49(56(26-42)78-44-27-50-51(61)33-64-57(50)63-32-44)58(70)65-79(74,75)45-11-14-52(53(28-45)69(72)73)62-31-39-15-19-59(3,71)20-16-39/h5-14,25-28,32-33,38-39,41,43,54,62,71H,15-24,29-31,34-37H2,1-4H3,(H,63,64)(H,65,70)/t39?,54-,59?/m0/s1. The van der Waals surface area contributed by atoms with Crippen molar-refractivity contribution in [1.82, 2.24) is 24.5 Å². The zero-order valence-electron chi connectivity index (χ0n) is 45.4. The van der Waals surface area contributed by atoms with Gasteiger partial charge >= 0.3 is 0 Å². The van der Waals surface area contributed by atoms with E-state index >= 15 is 0 Å². The summed E-state index contributed by atoms with van der Waals surface area (Å²) in [7, 11) is -2.88. The first-order chi connectivity index (χ1) is 37.9. The summed E-state index contributed by atoms with van der Waals surface area (Å²) < 4.78 is 62.5.